The number of benzene rings is 1. The van der Waals surface area contributed by atoms with Gasteiger partial charge < -0.3 is 14.0 Å². The number of aryl methyl sites for hydroxylation is 1. The fraction of sp³-hybridized carbons (Fsp3) is 0.500. The van der Waals surface area contributed by atoms with Crippen molar-refractivity contribution in [1.29, 1.82) is 0 Å². The molecule has 2 aliphatic rings. The van der Waals surface area contributed by atoms with Crippen molar-refractivity contribution in [2.45, 2.75) is 83.1 Å². The van der Waals surface area contributed by atoms with E-state index in [0.29, 0.717) is 17.7 Å². The summed E-state index contributed by atoms with van der Waals surface area (Å²) >= 11 is 1.69. The standard InChI is InChI=1S/C30H37NO5SSi/c1-18(32)22-17-31(19-9-10-19)26-21(27(22)33)12-11-20(28(26)35-3)25-16-23-24(37-25)8-7-13-30(23,2)29(34)36-14-15-38(4,5)6/h11-12,16-17,19H,7-10,13-15H2,1-6H3. The van der Waals surface area contributed by atoms with Crippen LogP contribution in [0.3, 0.4) is 0 Å². The van der Waals surface area contributed by atoms with Crippen LogP contribution in [-0.4, -0.2) is 38.1 Å². The normalized spacial score (nSPS) is 19.3. The third kappa shape index (κ3) is 4.77. The van der Waals surface area contributed by atoms with Crippen molar-refractivity contribution >= 4 is 42.1 Å². The number of Topliss-reactive ketones (excluding diaryl/α,β-unsaturated/α-hetero) is 1. The Morgan fingerprint density at radius 1 is 1.21 bits per heavy atom. The van der Waals surface area contributed by atoms with E-state index in [-0.39, 0.29) is 28.8 Å². The van der Waals surface area contributed by atoms with Gasteiger partial charge >= 0.3 is 5.97 Å². The number of hydrogen-bond acceptors (Lipinski definition) is 6. The lowest BCUT2D eigenvalue weighted by atomic mass is 9.74. The number of ketones is 1. The molecule has 38 heavy (non-hydrogen) atoms. The first kappa shape index (κ1) is 26.9. The van der Waals surface area contributed by atoms with Crippen LogP contribution < -0.4 is 10.2 Å². The molecule has 0 bridgehead atoms. The fourth-order valence-electron chi connectivity index (χ4n) is 5.48. The average molecular weight is 552 g/mol. The second kappa shape index (κ2) is 9.79. The molecule has 1 atom stereocenters. The quantitative estimate of drug-likeness (QED) is 0.176. The molecule has 0 spiro atoms. The summed E-state index contributed by atoms with van der Waals surface area (Å²) in [6.07, 6.45) is 6.37. The first-order valence-electron chi connectivity index (χ1n) is 13.5. The minimum atomic E-state index is -1.30. The van der Waals surface area contributed by atoms with Crippen molar-refractivity contribution in [3.05, 3.63) is 50.6 Å². The summed E-state index contributed by atoms with van der Waals surface area (Å²) in [7, 11) is 0.334. The zero-order chi connectivity index (χ0) is 27.4. The first-order chi connectivity index (χ1) is 17.9. The van der Waals surface area contributed by atoms with Crippen molar-refractivity contribution in [2.75, 3.05) is 13.7 Å². The van der Waals surface area contributed by atoms with Crippen molar-refractivity contribution in [2.24, 2.45) is 0 Å². The van der Waals surface area contributed by atoms with Gasteiger partial charge in [-0.2, -0.15) is 0 Å². The highest BCUT2D eigenvalue weighted by Gasteiger charge is 2.42. The van der Waals surface area contributed by atoms with Gasteiger partial charge in [0.2, 0.25) is 0 Å². The van der Waals surface area contributed by atoms with E-state index < -0.39 is 13.5 Å². The van der Waals surface area contributed by atoms with E-state index in [9.17, 15) is 14.4 Å². The Bertz CT molecular complexity index is 1490. The number of carbonyl (C=O) groups is 2. The van der Waals surface area contributed by atoms with Gasteiger partial charge in [0, 0.05) is 35.6 Å². The van der Waals surface area contributed by atoms with Gasteiger partial charge in [0.25, 0.3) is 0 Å². The van der Waals surface area contributed by atoms with Crippen LogP contribution in [0.15, 0.2) is 29.2 Å². The largest absolute Gasteiger partial charge is 0.494 e. The number of fused-ring (bicyclic) bond motifs is 2. The van der Waals surface area contributed by atoms with Crippen molar-refractivity contribution < 1.29 is 19.1 Å². The molecule has 2 heterocycles. The Labute approximate surface area is 229 Å². The lowest BCUT2D eigenvalue weighted by molar-refractivity contribution is -0.150. The van der Waals surface area contributed by atoms with Crippen LogP contribution in [0.25, 0.3) is 21.3 Å². The maximum atomic E-state index is 13.4. The molecule has 1 saturated carbocycles. The monoisotopic (exact) mass is 551 g/mol. The third-order valence-electron chi connectivity index (χ3n) is 7.96. The molecule has 0 amide bonds. The molecule has 0 radical (unpaired) electrons. The van der Waals surface area contributed by atoms with Gasteiger partial charge in [-0.25, -0.2) is 0 Å². The second-order valence-electron chi connectivity index (χ2n) is 12.2. The number of thiophene rings is 1. The number of esters is 1. The molecule has 6 nitrogen and oxygen atoms in total. The Kier molecular flexibility index (Phi) is 6.93. The molecular weight excluding hydrogens is 514 g/mol. The highest BCUT2D eigenvalue weighted by Crippen LogP contribution is 2.48. The Morgan fingerprint density at radius 3 is 2.58 bits per heavy atom. The van der Waals surface area contributed by atoms with E-state index >= 15 is 0 Å². The smallest absolute Gasteiger partial charge is 0.316 e. The van der Waals surface area contributed by atoms with E-state index in [2.05, 4.69) is 30.3 Å². The summed E-state index contributed by atoms with van der Waals surface area (Å²) < 4.78 is 13.9. The number of pyridine rings is 1. The van der Waals surface area contributed by atoms with Gasteiger partial charge in [0.1, 0.15) is 0 Å². The lowest BCUT2D eigenvalue weighted by Crippen LogP contribution is -2.37. The van der Waals surface area contributed by atoms with Gasteiger partial charge in [-0.05, 0) is 75.8 Å². The zero-order valence-electron chi connectivity index (χ0n) is 23.2. The van der Waals surface area contributed by atoms with Crippen LogP contribution in [0.5, 0.6) is 5.75 Å². The van der Waals surface area contributed by atoms with Gasteiger partial charge in [0.05, 0.1) is 35.6 Å². The van der Waals surface area contributed by atoms with E-state index in [1.807, 2.05) is 19.1 Å². The summed E-state index contributed by atoms with van der Waals surface area (Å²) in [5.41, 5.74) is 1.98. The third-order valence-corrected chi connectivity index (χ3v) is 10.9. The molecule has 0 N–H and O–H groups in total. The second-order valence-corrected chi connectivity index (χ2v) is 18.9. The van der Waals surface area contributed by atoms with Gasteiger partial charge in [-0.1, -0.05) is 19.6 Å². The van der Waals surface area contributed by atoms with Gasteiger partial charge in [-0.15, -0.1) is 11.3 Å². The molecular formula is C30H37NO5SSi. The summed E-state index contributed by atoms with van der Waals surface area (Å²) in [6, 6.07) is 7.09. The summed E-state index contributed by atoms with van der Waals surface area (Å²) in [5.74, 6) is 0.279. The highest BCUT2D eigenvalue weighted by atomic mass is 32.1. The summed E-state index contributed by atoms with van der Waals surface area (Å²) in [5, 5.41) is 0.502. The molecule has 2 aromatic heterocycles. The fourth-order valence-corrected chi connectivity index (χ4v) is 7.55. The number of methoxy groups -OCH3 is 1. The summed E-state index contributed by atoms with van der Waals surface area (Å²) in [6.45, 7) is 10.8. The zero-order valence-corrected chi connectivity index (χ0v) is 25.0. The Hall–Kier alpha value is -2.71. The minimum Gasteiger partial charge on any atom is -0.494 e. The van der Waals surface area contributed by atoms with Crippen LogP contribution in [0.2, 0.25) is 25.7 Å². The first-order valence-corrected chi connectivity index (χ1v) is 18.0. The van der Waals surface area contributed by atoms with Crippen LogP contribution in [0, 0.1) is 0 Å². The van der Waals surface area contributed by atoms with Gasteiger partial charge in [-0.3, -0.25) is 14.4 Å². The minimum absolute atomic E-state index is 0.133. The predicted molar refractivity (Wildman–Crippen MR) is 156 cm³/mol. The highest BCUT2D eigenvalue weighted by molar-refractivity contribution is 7.15. The molecule has 2 aliphatic carbocycles. The van der Waals surface area contributed by atoms with E-state index in [4.69, 9.17) is 9.47 Å². The molecule has 1 fully saturated rings. The molecule has 202 valence electrons. The van der Waals surface area contributed by atoms with E-state index in [1.54, 1.807) is 24.6 Å². The van der Waals surface area contributed by atoms with E-state index in [1.165, 1.54) is 11.8 Å². The van der Waals surface area contributed by atoms with Crippen LogP contribution in [0.1, 0.15) is 66.4 Å². The molecule has 1 unspecified atom stereocenters. The van der Waals surface area contributed by atoms with E-state index in [0.717, 1.165) is 59.7 Å². The van der Waals surface area contributed by atoms with Crippen LogP contribution in [0.4, 0.5) is 0 Å². The maximum absolute atomic E-state index is 13.4. The molecule has 5 rings (SSSR count). The average Bonchev–Trinajstić information content (AvgIpc) is 3.60. The Morgan fingerprint density at radius 2 is 1.95 bits per heavy atom. The number of nitrogens with zero attached hydrogens (tertiary/aromatic N) is 1. The molecule has 3 aromatic rings. The SMILES string of the molecule is COc1c(-c2cc3c(s2)CCCC3(C)C(=O)OCC[Si](C)(C)C)ccc2c(=O)c(C(C)=O)cn(C3CC3)c12. The number of aromatic nitrogens is 1. The van der Waals surface area contributed by atoms with Gasteiger partial charge in [0.15, 0.2) is 17.0 Å². The molecule has 0 aliphatic heterocycles. The van der Waals surface area contributed by atoms with Crippen molar-refractivity contribution in [3.8, 4) is 16.2 Å². The van der Waals surface area contributed by atoms with Crippen molar-refractivity contribution in [3.63, 3.8) is 0 Å². The predicted octanol–water partition coefficient (Wildman–Crippen LogP) is 6.75. The maximum Gasteiger partial charge on any atom is 0.316 e. The topological polar surface area (TPSA) is 74.6 Å². The van der Waals surface area contributed by atoms with Crippen LogP contribution >= 0.6 is 11.3 Å². The lowest BCUT2D eigenvalue weighted by Gasteiger charge is -2.32. The molecule has 0 saturated heterocycles. The molecule has 8 heteroatoms. The van der Waals surface area contributed by atoms with Crippen molar-refractivity contribution in [1.82, 2.24) is 4.57 Å². The Balaban J connectivity index is 1.59. The number of rotatable bonds is 8. The van der Waals surface area contributed by atoms with Crippen LogP contribution in [-0.2, 0) is 21.4 Å². The number of hydrogen-bond donors (Lipinski definition) is 0. The number of carbonyl (C=O) groups excluding carboxylic acids is 2. The molecule has 1 aromatic carbocycles. The summed E-state index contributed by atoms with van der Waals surface area (Å²) in [4.78, 5) is 41.0. The number of ether oxygens (including phenoxy) is 2.